The summed E-state index contributed by atoms with van der Waals surface area (Å²) in [5.74, 6) is -0.387. The Balaban J connectivity index is 2.20. The molecule has 0 aromatic heterocycles. The zero-order chi connectivity index (χ0) is 12.5. The number of rotatable bonds is 1. The van der Waals surface area contributed by atoms with Crippen molar-refractivity contribution in [3.8, 4) is 6.07 Å². The monoisotopic (exact) mass is 254 g/mol. The third-order valence-electron chi connectivity index (χ3n) is 2.78. The number of halogens is 1. The quantitative estimate of drug-likeness (QED) is 0.748. The third kappa shape index (κ3) is 2.56. The second-order valence-electron chi connectivity index (χ2n) is 3.91. The fourth-order valence-electron chi connectivity index (χ4n) is 1.76. The van der Waals surface area contributed by atoms with Crippen LogP contribution in [0.4, 0.5) is 10.1 Å². The number of nitriles is 1. The first-order chi connectivity index (χ1) is 8.02. The molecule has 0 saturated carbocycles. The Morgan fingerprint density at radius 3 is 2.47 bits per heavy atom. The summed E-state index contributed by atoms with van der Waals surface area (Å²) in [6, 6.07) is 6.07. The van der Waals surface area contributed by atoms with Crippen molar-refractivity contribution in [1.29, 1.82) is 5.26 Å². The largest absolute Gasteiger partial charge is 0.369 e. The Labute approximate surface area is 99.2 Å². The molecule has 2 rings (SSSR count). The van der Waals surface area contributed by atoms with Gasteiger partial charge in [-0.1, -0.05) is 0 Å². The molecule has 1 aromatic carbocycles. The number of sulfone groups is 1. The molecule has 0 N–H and O–H groups in total. The summed E-state index contributed by atoms with van der Waals surface area (Å²) >= 11 is 0. The van der Waals surface area contributed by atoms with Crippen molar-refractivity contribution in [3.63, 3.8) is 0 Å². The van der Waals surface area contributed by atoms with E-state index < -0.39 is 15.7 Å². The number of anilines is 1. The molecule has 1 saturated heterocycles. The molecule has 0 spiro atoms. The summed E-state index contributed by atoms with van der Waals surface area (Å²) in [5, 5.41) is 8.61. The lowest BCUT2D eigenvalue weighted by Crippen LogP contribution is -2.40. The molecule has 1 aromatic rings. The Morgan fingerprint density at radius 1 is 1.29 bits per heavy atom. The van der Waals surface area contributed by atoms with Crippen LogP contribution in [0.1, 0.15) is 5.56 Å². The fraction of sp³-hybridized carbons (Fsp3) is 0.364. The van der Waals surface area contributed by atoms with Crippen molar-refractivity contribution in [3.05, 3.63) is 29.6 Å². The van der Waals surface area contributed by atoms with Gasteiger partial charge in [0.05, 0.1) is 17.1 Å². The minimum Gasteiger partial charge on any atom is -0.369 e. The molecule has 1 heterocycles. The molecule has 6 heteroatoms. The highest BCUT2D eigenvalue weighted by molar-refractivity contribution is 7.91. The Morgan fingerprint density at radius 2 is 1.94 bits per heavy atom. The van der Waals surface area contributed by atoms with Crippen LogP contribution in [0, 0.1) is 17.1 Å². The zero-order valence-corrected chi connectivity index (χ0v) is 9.87. The topological polar surface area (TPSA) is 61.2 Å². The van der Waals surface area contributed by atoms with Crippen molar-refractivity contribution in [2.24, 2.45) is 0 Å². The van der Waals surface area contributed by atoms with E-state index in [1.807, 2.05) is 4.90 Å². The Bertz CT molecular complexity index is 564. The highest BCUT2D eigenvalue weighted by atomic mass is 32.2. The lowest BCUT2D eigenvalue weighted by molar-refractivity contribution is 0.586. The molecule has 0 radical (unpaired) electrons. The van der Waals surface area contributed by atoms with Crippen molar-refractivity contribution < 1.29 is 12.8 Å². The number of hydrogen-bond acceptors (Lipinski definition) is 4. The van der Waals surface area contributed by atoms with E-state index in [-0.39, 0.29) is 17.1 Å². The van der Waals surface area contributed by atoms with Crippen molar-refractivity contribution >= 4 is 15.5 Å². The van der Waals surface area contributed by atoms with Gasteiger partial charge in [0.15, 0.2) is 9.84 Å². The average molecular weight is 254 g/mol. The molecule has 17 heavy (non-hydrogen) atoms. The van der Waals surface area contributed by atoms with Crippen LogP contribution in [0.15, 0.2) is 18.2 Å². The maximum Gasteiger partial charge on any atom is 0.153 e. The van der Waals surface area contributed by atoms with Crippen LogP contribution in [-0.2, 0) is 9.84 Å². The molecule has 4 nitrogen and oxygen atoms in total. The van der Waals surface area contributed by atoms with Gasteiger partial charge in [-0.15, -0.1) is 0 Å². The summed E-state index contributed by atoms with van der Waals surface area (Å²) in [5.41, 5.74) is 0.620. The first kappa shape index (κ1) is 11.9. The van der Waals surface area contributed by atoms with Gasteiger partial charge in [-0.05, 0) is 18.2 Å². The second kappa shape index (κ2) is 4.34. The van der Waals surface area contributed by atoms with Gasteiger partial charge in [0.2, 0.25) is 0 Å². The van der Waals surface area contributed by atoms with Crippen LogP contribution in [0.25, 0.3) is 0 Å². The molecule has 0 unspecified atom stereocenters. The summed E-state index contributed by atoms with van der Waals surface area (Å²) in [7, 11) is -2.93. The predicted octanol–water partition coefficient (Wildman–Crippen LogP) is 0.932. The van der Waals surface area contributed by atoms with Crippen molar-refractivity contribution in [1.82, 2.24) is 0 Å². The van der Waals surface area contributed by atoms with Gasteiger partial charge in [0.25, 0.3) is 0 Å². The van der Waals surface area contributed by atoms with Gasteiger partial charge in [0.1, 0.15) is 11.9 Å². The number of nitrogens with zero attached hydrogens (tertiary/aromatic N) is 2. The van der Waals surface area contributed by atoms with Gasteiger partial charge in [-0.25, -0.2) is 12.8 Å². The van der Waals surface area contributed by atoms with E-state index in [2.05, 4.69) is 0 Å². The highest BCUT2D eigenvalue weighted by Gasteiger charge is 2.22. The lowest BCUT2D eigenvalue weighted by atomic mass is 10.2. The first-order valence-corrected chi connectivity index (χ1v) is 6.99. The molecule has 1 aliphatic heterocycles. The molecule has 1 fully saturated rings. The minimum atomic E-state index is -2.93. The van der Waals surface area contributed by atoms with Gasteiger partial charge >= 0.3 is 0 Å². The van der Waals surface area contributed by atoms with E-state index >= 15 is 0 Å². The summed E-state index contributed by atoms with van der Waals surface area (Å²) in [4.78, 5) is 1.81. The maximum atomic E-state index is 13.4. The Hall–Kier alpha value is -1.61. The SMILES string of the molecule is N#Cc1ccc(N2CCS(=O)(=O)CC2)cc1F. The molecule has 0 bridgehead atoms. The van der Waals surface area contributed by atoms with Crippen molar-refractivity contribution in [2.45, 2.75) is 0 Å². The van der Waals surface area contributed by atoms with Gasteiger partial charge in [-0.2, -0.15) is 5.26 Å². The van der Waals surface area contributed by atoms with E-state index in [4.69, 9.17) is 5.26 Å². The molecule has 0 aliphatic carbocycles. The summed E-state index contributed by atoms with van der Waals surface area (Å²) < 4.78 is 35.9. The van der Waals surface area contributed by atoms with Gasteiger partial charge in [-0.3, -0.25) is 0 Å². The minimum absolute atomic E-state index is 0.00150. The van der Waals surface area contributed by atoms with E-state index in [1.54, 1.807) is 12.1 Å². The molecule has 0 atom stereocenters. The highest BCUT2D eigenvalue weighted by Crippen LogP contribution is 2.20. The number of hydrogen-bond donors (Lipinski definition) is 0. The normalized spacial score (nSPS) is 18.7. The first-order valence-electron chi connectivity index (χ1n) is 5.17. The summed E-state index contributed by atoms with van der Waals surface area (Å²) in [6.45, 7) is 0.737. The second-order valence-corrected chi connectivity index (χ2v) is 6.22. The predicted molar refractivity (Wildman–Crippen MR) is 62.0 cm³/mol. The van der Waals surface area contributed by atoms with Crippen LogP contribution in [-0.4, -0.2) is 33.0 Å². The van der Waals surface area contributed by atoms with Gasteiger partial charge < -0.3 is 4.90 Å². The molecule has 0 amide bonds. The Kier molecular flexibility index (Phi) is 3.03. The maximum absolute atomic E-state index is 13.4. The smallest absolute Gasteiger partial charge is 0.153 e. The summed E-state index contributed by atoms with van der Waals surface area (Å²) in [6.07, 6.45) is 0. The molecule has 1 aliphatic rings. The lowest BCUT2D eigenvalue weighted by Gasteiger charge is -2.28. The molecular weight excluding hydrogens is 243 g/mol. The zero-order valence-electron chi connectivity index (χ0n) is 9.06. The number of benzene rings is 1. The standard InChI is InChI=1S/C11H11FN2O2S/c12-11-7-10(2-1-9(11)8-13)14-3-5-17(15,16)6-4-14/h1-2,7H,3-6H2. The van der Waals surface area contributed by atoms with E-state index in [1.165, 1.54) is 12.1 Å². The van der Waals surface area contributed by atoms with Gasteiger partial charge in [0, 0.05) is 18.8 Å². The van der Waals surface area contributed by atoms with E-state index in [0.717, 1.165) is 0 Å². The van der Waals surface area contributed by atoms with Crippen LogP contribution < -0.4 is 4.90 Å². The molecule has 90 valence electrons. The molecular formula is C11H11FN2O2S. The van der Waals surface area contributed by atoms with Crippen LogP contribution in [0.3, 0.4) is 0 Å². The van der Waals surface area contributed by atoms with Crippen molar-refractivity contribution in [2.75, 3.05) is 29.5 Å². The third-order valence-corrected chi connectivity index (χ3v) is 4.39. The van der Waals surface area contributed by atoms with E-state index in [0.29, 0.717) is 18.8 Å². The fourth-order valence-corrected chi connectivity index (χ4v) is 2.96. The van der Waals surface area contributed by atoms with Crippen LogP contribution in [0.2, 0.25) is 0 Å². The van der Waals surface area contributed by atoms with Crippen LogP contribution >= 0.6 is 0 Å². The average Bonchev–Trinajstić information content (AvgIpc) is 2.29. The van der Waals surface area contributed by atoms with E-state index in [9.17, 15) is 12.8 Å². The van der Waals surface area contributed by atoms with Crippen LogP contribution in [0.5, 0.6) is 0 Å².